The second-order valence-corrected chi connectivity index (χ2v) is 9.46. The van der Waals surface area contributed by atoms with Crippen molar-refractivity contribution in [3.8, 4) is 0 Å². The smallest absolute Gasteiger partial charge is 0.0349 e. The molecule has 0 heterocycles. The van der Waals surface area contributed by atoms with Gasteiger partial charge < -0.3 is 0 Å². The van der Waals surface area contributed by atoms with E-state index >= 15 is 0 Å². The van der Waals surface area contributed by atoms with Gasteiger partial charge in [-0.25, -0.2) is 0 Å². The average molecular weight is 287 g/mol. The van der Waals surface area contributed by atoms with E-state index < -0.39 is 0 Å². The van der Waals surface area contributed by atoms with Gasteiger partial charge in [0.1, 0.15) is 0 Å². The van der Waals surface area contributed by atoms with Gasteiger partial charge in [0.2, 0.25) is 0 Å². The third kappa shape index (κ3) is 2.07. The third-order valence-corrected chi connectivity index (χ3v) is 8.97. The van der Waals surface area contributed by atoms with Gasteiger partial charge in [-0.3, -0.25) is 0 Å². The first-order chi connectivity index (χ1) is 10.4. The van der Waals surface area contributed by atoms with Crippen molar-refractivity contribution in [2.24, 2.45) is 47.3 Å². The van der Waals surface area contributed by atoms with E-state index in [-0.39, 0.29) is 0 Å². The van der Waals surface area contributed by atoms with E-state index in [0.29, 0.717) is 0 Å². The Morgan fingerprint density at radius 2 is 0.810 bits per heavy atom. The Morgan fingerprint density at radius 1 is 0.333 bits per heavy atom. The zero-order valence-corrected chi connectivity index (χ0v) is 13.8. The zero-order valence-electron chi connectivity index (χ0n) is 13.8. The molecule has 0 saturated heterocycles. The molecular formula is C21H34. The first kappa shape index (κ1) is 13.4. The summed E-state index contributed by atoms with van der Waals surface area (Å²) in [6, 6.07) is 0. The van der Waals surface area contributed by atoms with Gasteiger partial charge in [0.15, 0.2) is 0 Å². The Labute approximate surface area is 131 Å². The van der Waals surface area contributed by atoms with E-state index in [1.54, 1.807) is 83.5 Å². The minimum Gasteiger partial charge on any atom is -0.0530 e. The second-order valence-electron chi connectivity index (χ2n) is 9.46. The Bertz CT molecular complexity index is 349. The normalized spacial score (nSPS) is 56.0. The molecule has 0 aromatic heterocycles. The highest BCUT2D eigenvalue weighted by Gasteiger charge is 2.54. The maximum atomic E-state index is 1.68. The molecule has 8 atom stereocenters. The molecule has 5 saturated carbocycles. The lowest BCUT2D eigenvalue weighted by Gasteiger charge is -2.46. The van der Waals surface area contributed by atoms with Crippen LogP contribution in [0.1, 0.15) is 83.5 Å². The summed E-state index contributed by atoms with van der Waals surface area (Å²) < 4.78 is 0. The fourth-order valence-corrected chi connectivity index (χ4v) is 8.27. The third-order valence-electron chi connectivity index (χ3n) is 8.97. The van der Waals surface area contributed by atoms with Gasteiger partial charge in [-0.1, -0.05) is 38.5 Å². The average Bonchev–Trinajstić information content (AvgIpc) is 2.94. The molecule has 0 N–H and O–H groups in total. The Morgan fingerprint density at radius 3 is 1.33 bits per heavy atom. The van der Waals surface area contributed by atoms with E-state index in [2.05, 4.69) is 0 Å². The number of hydrogen-bond acceptors (Lipinski definition) is 0. The molecule has 0 spiro atoms. The summed E-state index contributed by atoms with van der Waals surface area (Å²) in [5, 5.41) is 0. The van der Waals surface area contributed by atoms with Crippen molar-refractivity contribution in [2.45, 2.75) is 83.5 Å². The van der Waals surface area contributed by atoms with E-state index in [1.807, 2.05) is 0 Å². The summed E-state index contributed by atoms with van der Waals surface area (Å²) >= 11 is 0. The van der Waals surface area contributed by atoms with Gasteiger partial charge in [0.25, 0.3) is 0 Å². The molecule has 0 heteroatoms. The van der Waals surface area contributed by atoms with Gasteiger partial charge in [-0.15, -0.1) is 0 Å². The Balaban J connectivity index is 1.39. The number of hydrogen-bond donors (Lipinski definition) is 0. The summed E-state index contributed by atoms with van der Waals surface area (Å²) in [4.78, 5) is 0. The maximum Gasteiger partial charge on any atom is -0.0349 e. The van der Waals surface area contributed by atoms with Crippen molar-refractivity contribution in [3.05, 3.63) is 0 Å². The summed E-state index contributed by atoms with van der Waals surface area (Å²) in [5.41, 5.74) is 0. The largest absolute Gasteiger partial charge is 0.0530 e. The Hall–Kier alpha value is 0. The van der Waals surface area contributed by atoms with Crippen molar-refractivity contribution in [1.29, 1.82) is 0 Å². The monoisotopic (exact) mass is 286 g/mol. The Kier molecular flexibility index (Phi) is 3.38. The van der Waals surface area contributed by atoms with Crippen LogP contribution in [0.5, 0.6) is 0 Å². The topological polar surface area (TPSA) is 0 Å². The lowest BCUT2D eigenvalue weighted by molar-refractivity contribution is 0.0376. The van der Waals surface area contributed by atoms with E-state index in [1.165, 1.54) is 35.5 Å². The molecule has 0 aromatic carbocycles. The number of rotatable bonds is 0. The van der Waals surface area contributed by atoms with Crippen LogP contribution in [-0.2, 0) is 0 Å². The van der Waals surface area contributed by atoms with Crippen molar-refractivity contribution in [2.75, 3.05) is 0 Å². The van der Waals surface area contributed by atoms with Gasteiger partial charge in [0, 0.05) is 0 Å². The lowest BCUT2D eigenvalue weighted by atomic mass is 9.59. The van der Waals surface area contributed by atoms with Crippen LogP contribution in [0.2, 0.25) is 0 Å². The minimum atomic E-state index is 1.15. The van der Waals surface area contributed by atoms with Crippen LogP contribution >= 0.6 is 0 Å². The van der Waals surface area contributed by atoms with Gasteiger partial charge in [-0.05, 0) is 92.3 Å². The maximum absolute atomic E-state index is 1.68. The predicted octanol–water partition coefficient (Wildman–Crippen LogP) is 6.06. The molecule has 118 valence electrons. The first-order valence-corrected chi connectivity index (χ1v) is 10.4. The summed E-state index contributed by atoms with van der Waals surface area (Å²) in [5.74, 6) is 9.37. The van der Waals surface area contributed by atoms with Crippen LogP contribution in [0.15, 0.2) is 0 Å². The SMILES string of the molecule is C1CC[C@@H]2[C@H](C1)CC[C@H]1[C@H]3CC[C@H]4CCCC[C@@H]4[C@@H]3C[C@@H]12. The van der Waals surface area contributed by atoms with Crippen LogP contribution in [-0.4, -0.2) is 0 Å². The van der Waals surface area contributed by atoms with Gasteiger partial charge >= 0.3 is 0 Å². The summed E-state index contributed by atoms with van der Waals surface area (Å²) in [6.45, 7) is 0. The molecule has 0 bridgehead atoms. The molecular weight excluding hydrogens is 252 g/mol. The van der Waals surface area contributed by atoms with Crippen LogP contribution in [0.25, 0.3) is 0 Å². The molecule has 0 amide bonds. The van der Waals surface area contributed by atoms with E-state index in [9.17, 15) is 0 Å². The fraction of sp³-hybridized carbons (Fsp3) is 1.00. The van der Waals surface area contributed by atoms with Crippen molar-refractivity contribution in [1.82, 2.24) is 0 Å². The molecule has 21 heavy (non-hydrogen) atoms. The van der Waals surface area contributed by atoms with Crippen LogP contribution in [0.4, 0.5) is 0 Å². The molecule has 5 aliphatic rings. The molecule has 0 radical (unpaired) electrons. The van der Waals surface area contributed by atoms with Crippen LogP contribution in [0, 0.1) is 47.3 Å². The molecule has 0 nitrogen and oxygen atoms in total. The minimum absolute atomic E-state index is 1.15. The zero-order chi connectivity index (χ0) is 13.8. The van der Waals surface area contributed by atoms with E-state index in [0.717, 1.165) is 11.8 Å². The van der Waals surface area contributed by atoms with Crippen LogP contribution < -0.4 is 0 Å². The highest BCUT2D eigenvalue weighted by atomic mass is 14.6. The fourth-order valence-electron chi connectivity index (χ4n) is 8.27. The quantitative estimate of drug-likeness (QED) is 0.508. The second kappa shape index (κ2) is 5.27. The highest BCUT2D eigenvalue weighted by molar-refractivity contribution is 5.03. The number of fused-ring (bicyclic) bond motifs is 7. The van der Waals surface area contributed by atoms with Crippen molar-refractivity contribution in [3.63, 3.8) is 0 Å². The van der Waals surface area contributed by atoms with Crippen LogP contribution in [0.3, 0.4) is 0 Å². The van der Waals surface area contributed by atoms with Gasteiger partial charge in [-0.2, -0.15) is 0 Å². The molecule has 0 aliphatic heterocycles. The van der Waals surface area contributed by atoms with Gasteiger partial charge in [0.05, 0.1) is 0 Å². The highest BCUT2D eigenvalue weighted by Crippen LogP contribution is 2.62. The molecule has 5 rings (SSSR count). The summed E-state index contributed by atoms with van der Waals surface area (Å²) in [6.07, 6.45) is 20.8. The van der Waals surface area contributed by atoms with Crippen molar-refractivity contribution >= 4 is 0 Å². The molecule has 5 fully saturated rings. The first-order valence-electron chi connectivity index (χ1n) is 10.4. The predicted molar refractivity (Wildman–Crippen MR) is 87.9 cm³/mol. The molecule has 0 unspecified atom stereocenters. The summed E-state index contributed by atoms with van der Waals surface area (Å²) in [7, 11) is 0. The van der Waals surface area contributed by atoms with Crippen molar-refractivity contribution < 1.29 is 0 Å². The van der Waals surface area contributed by atoms with E-state index in [4.69, 9.17) is 0 Å². The molecule has 5 aliphatic carbocycles. The molecule has 0 aromatic rings. The standard InChI is InChI=1S/C21H34/c1-3-7-16-14(5-1)9-11-18-19-12-10-15-6-2-4-8-17(15)21(19)13-20(16)18/h14-21H,1-13H2/t14-,15-,16-,17+,18+,19-,20-,21+/m1/s1. The lowest BCUT2D eigenvalue weighted by Crippen LogP contribution is -2.37.